The number of unbranched alkanes of at least 4 members (excludes halogenated alkanes) is 2. The summed E-state index contributed by atoms with van der Waals surface area (Å²) in [6, 6.07) is 17.1. The second-order valence-electron chi connectivity index (χ2n) is 5.35. The molecule has 0 saturated carbocycles. The first-order valence-corrected chi connectivity index (χ1v) is 8.32. The molecule has 0 heterocycles. The molecule has 0 spiro atoms. The van der Waals surface area contributed by atoms with Crippen LogP contribution < -0.4 is 4.74 Å². The van der Waals surface area contributed by atoms with Crippen molar-refractivity contribution in [2.75, 3.05) is 6.61 Å². The number of hydrogen-bond donors (Lipinski definition) is 0. The SMILES string of the molecule is CCCCCOc1c2ccccc2cc2ccc(Br)cc12. The number of halogens is 1. The Hall–Kier alpha value is -1.54. The van der Waals surface area contributed by atoms with E-state index in [1.165, 1.54) is 34.4 Å². The average molecular weight is 343 g/mol. The van der Waals surface area contributed by atoms with Crippen molar-refractivity contribution >= 4 is 37.5 Å². The van der Waals surface area contributed by atoms with Gasteiger partial charge in [-0.05, 0) is 35.4 Å². The zero-order valence-corrected chi connectivity index (χ0v) is 13.8. The lowest BCUT2D eigenvalue weighted by Crippen LogP contribution is -1.98. The summed E-state index contributed by atoms with van der Waals surface area (Å²) in [5.41, 5.74) is 0. The lowest BCUT2D eigenvalue weighted by atomic mass is 10.0. The number of benzene rings is 3. The number of ether oxygens (including phenoxy) is 1. The number of fused-ring (bicyclic) bond motifs is 2. The molecule has 108 valence electrons. The van der Waals surface area contributed by atoms with Gasteiger partial charge < -0.3 is 4.74 Å². The van der Waals surface area contributed by atoms with Crippen molar-refractivity contribution in [3.63, 3.8) is 0 Å². The molecule has 0 aliphatic rings. The van der Waals surface area contributed by atoms with Crippen molar-refractivity contribution in [3.8, 4) is 5.75 Å². The second kappa shape index (κ2) is 6.48. The van der Waals surface area contributed by atoms with E-state index < -0.39 is 0 Å². The predicted octanol–water partition coefficient (Wildman–Crippen LogP) is 6.32. The normalized spacial score (nSPS) is 11.1. The molecule has 0 atom stereocenters. The second-order valence-corrected chi connectivity index (χ2v) is 6.26. The third-order valence-corrected chi connectivity index (χ3v) is 4.26. The van der Waals surface area contributed by atoms with Crippen molar-refractivity contribution in [1.29, 1.82) is 0 Å². The molecule has 1 nitrogen and oxygen atoms in total. The maximum absolute atomic E-state index is 6.17. The summed E-state index contributed by atoms with van der Waals surface area (Å²) in [6.07, 6.45) is 3.53. The highest BCUT2D eigenvalue weighted by Gasteiger charge is 2.09. The van der Waals surface area contributed by atoms with Gasteiger partial charge in [0.2, 0.25) is 0 Å². The van der Waals surface area contributed by atoms with Crippen LogP contribution in [0.25, 0.3) is 21.5 Å². The van der Waals surface area contributed by atoms with Gasteiger partial charge in [-0.3, -0.25) is 0 Å². The van der Waals surface area contributed by atoms with E-state index in [1.54, 1.807) is 0 Å². The van der Waals surface area contributed by atoms with Crippen LogP contribution >= 0.6 is 15.9 Å². The first kappa shape index (κ1) is 14.4. The molecule has 0 aliphatic heterocycles. The minimum absolute atomic E-state index is 0.781. The molecular weight excluding hydrogens is 324 g/mol. The Morgan fingerprint density at radius 3 is 2.57 bits per heavy atom. The fourth-order valence-electron chi connectivity index (χ4n) is 2.68. The highest BCUT2D eigenvalue weighted by molar-refractivity contribution is 9.10. The van der Waals surface area contributed by atoms with E-state index in [2.05, 4.69) is 71.4 Å². The molecule has 0 aliphatic carbocycles. The van der Waals surface area contributed by atoms with Crippen LogP contribution in [0, 0.1) is 0 Å². The van der Waals surface area contributed by atoms with Gasteiger partial charge in [-0.2, -0.15) is 0 Å². The smallest absolute Gasteiger partial charge is 0.134 e. The zero-order chi connectivity index (χ0) is 14.7. The van der Waals surface area contributed by atoms with E-state index in [0.717, 1.165) is 23.2 Å². The lowest BCUT2D eigenvalue weighted by molar-refractivity contribution is 0.313. The highest BCUT2D eigenvalue weighted by atomic mass is 79.9. The average Bonchev–Trinajstić information content (AvgIpc) is 2.51. The first-order valence-electron chi connectivity index (χ1n) is 7.53. The molecule has 0 saturated heterocycles. The minimum Gasteiger partial charge on any atom is -0.492 e. The van der Waals surface area contributed by atoms with Gasteiger partial charge in [0, 0.05) is 15.2 Å². The van der Waals surface area contributed by atoms with Crippen LogP contribution in [-0.4, -0.2) is 6.61 Å². The van der Waals surface area contributed by atoms with Crippen LogP contribution in [0.4, 0.5) is 0 Å². The van der Waals surface area contributed by atoms with Gasteiger partial charge in [0.15, 0.2) is 0 Å². The van der Waals surface area contributed by atoms with Gasteiger partial charge in [0.25, 0.3) is 0 Å². The summed E-state index contributed by atoms with van der Waals surface area (Å²) in [5, 5.41) is 4.83. The van der Waals surface area contributed by atoms with Crippen LogP contribution in [0.1, 0.15) is 26.2 Å². The van der Waals surface area contributed by atoms with E-state index in [1.807, 2.05) is 0 Å². The van der Waals surface area contributed by atoms with Gasteiger partial charge in [-0.1, -0.05) is 66.0 Å². The molecule has 0 aromatic heterocycles. The standard InChI is InChI=1S/C19H19BrO/c1-2-3-6-11-21-19-17-8-5-4-7-14(17)12-15-9-10-16(20)13-18(15)19/h4-5,7-10,12-13H,2-3,6,11H2,1H3. The summed E-state index contributed by atoms with van der Waals surface area (Å²) in [4.78, 5) is 0. The molecule has 21 heavy (non-hydrogen) atoms. The van der Waals surface area contributed by atoms with Crippen molar-refractivity contribution < 1.29 is 4.74 Å². The molecule has 0 fully saturated rings. The number of rotatable bonds is 5. The monoisotopic (exact) mass is 342 g/mol. The fourth-order valence-corrected chi connectivity index (χ4v) is 3.04. The fraction of sp³-hybridized carbons (Fsp3) is 0.263. The van der Waals surface area contributed by atoms with Crippen LogP contribution in [0.2, 0.25) is 0 Å². The molecule has 0 amide bonds. The Balaban J connectivity index is 2.12. The Morgan fingerprint density at radius 1 is 0.905 bits per heavy atom. The van der Waals surface area contributed by atoms with E-state index in [0.29, 0.717) is 0 Å². The molecule has 2 heteroatoms. The Bertz CT molecular complexity index is 764. The van der Waals surface area contributed by atoms with Crippen LogP contribution in [0.5, 0.6) is 5.75 Å². The molecule has 3 rings (SSSR count). The molecule has 0 unspecified atom stereocenters. The highest BCUT2D eigenvalue weighted by Crippen LogP contribution is 2.36. The van der Waals surface area contributed by atoms with Gasteiger partial charge in [-0.15, -0.1) is 0 Å². The topological polar surface area (TPSA) is 9.23 Å². The molecule has 0 bridgehead atoms. The van der Waals surface area contributed by atoms with E-state index in [-0.39, 0.29) is 0 Å². The van der Waals surface area contributed by atoms with Gasteiger partial charge in [-0.25, -0.2) is 0 Å². The Morgan fingerprint density at radius 2 is 1.71 bits per heavy atom. The third-order valence-electron chi connectivity index (χ3n) is 3.77. The summed E-state index contributed by atoms with van der Waals surface area (Å²) in [5.74, 6) is 1.01. The van der Waals surface area contributed by atoms with Crippen LogP contribution in [0.15, 0.2) is 53.0 Å². The molecule has 0 N–H and O–H groups in total. The van der Waals surface area contributed by atoms with Crippen molar-refractivity contribution in [2.45, 2.75) is 26.2 Å². The zero-order valence-electron chi connectivity index (χ0n) is 12.2. The Kier molecular flexibility index (Phi) is 4.45. The van der Waals surface area contributed by atoms with Gasteiger partial charge >= 0.3 is 0 Å². The number of hydrogen-bond acceptors (Lipinski definition) is 1. The molecule has 3 aromatic carbocycles. The predicted molar refractivity (Wildman–Crippen MR) is 94.2 cm³/mol. The largest absolute Gasteiger partial charge is 0.492 e. The van der Waals surface area contributed by atoms with Crippen LogP contribution in [0.3, 0.4) is 0 Å². The molecular formula is C19H19BrO. The summed E-state index contributed by atoms with van der Waals surface area (Å²) < 4.78 is 7.26. The Labute approximate surface area is 134 Å². The summed E-state index contributed by atoms with van der Waals surface area (Å²) in [6.45, 7) is 2.99. The quantitative estimate of drug-likeness (QED) is 0.389. The van der Waals surface area contributed by atoms with Gasteiger partial charge in [0.1, 0.15) is 5.75 Å². The third kappa shape index (κ3) is 3.06. The first-order chi connectivity index (χ1) is 10.3. The van der Waals surface area contributed by atoms with E-state index in [9.17, 15) is 0 Å². The van der Waals surface area contributed by atoms with Crippen molar-refractivity contribution in [1.82, 2.24) is 0 Å². The van der Waals surface area contributed by atoms with E-state index in [4.69, 9.17) is 4.74 Å². The summed E-state index contributed by atoms with van der Waals surface area (Å²) in [7, 11) is 0. The van der Waals surface area contributed by atoms with Crippen molar-refractivity contribution in [2.24, 2.45) is 0 Å². The summed E-state index contributed by atoms with van der Waals surface area (Å²) >= 11 is 3.57. The van der Waals surface area contributed by atoms with Crippen LogP contribution in [-0.2, 0) is 0 Å². The molecule has 3 aromatic rings. The van der Waals surface area contributed by atoms with Crippen molar-refractivity contribution in [3.05, 3.63) is 53.0 Å². The maximum atomic E-state index is 6.17. The minimum atomic E-state index is 0.781. The van der Waals surface area contributed by atoms with Gasteiger partial charge in [0.05, 0.1) is 6.61 Å². The molecule has 0 radical (unpaired) electrons. The lowest BCUT2D eigenvalue weighted by Gasteiger charge is -2.13. The van der Waals surface area contributed by atoms with E-state index >= 15 is 0 Å². The maximum Gasteiger partial charge on any atom is 0.134 e.